The summed E-state index contributed by atoms with van der Waals surface area (Å²) in [6.45, 7) is 2.84. The maximum atomic E-state index is 12.9. The van der Waals surface area contributed by atoms with E-state index in [1.54, 1.807) is 23.2 Å². The molecule has 0 spiro atoms. The minimum Gasteiger partial charge on any atom is -0.340 e. The summed E-state index contributed by atoms with van der Waals surface area (Å²) >= 11 is 1.68. The fourth-order valence-electron chi connectivity index (χ4n) is 4.50. The van der Waals surface area contributed by atoms with Crippen LogP contribution in [0.3, 0.4) is 0 Å². The van der Waals surface area contributed by atoms with Crippen molar-refractivity contribution in [1.82, 2.24) is 20.1 Å². The van der Waals surface area contributed by atoms with E-state index in [2.05, 4.69) is 11.4 Å². The summed E-state index contributed by atoms with van der Waals surface area (Å²) in [6.07, 6.45) is 3.78. The van der Waals surface area contributed by atoms with Gasteiger partial charge in [0.15, 0.2) is 0 Å². The number of benzene rings is 1. The van der Waals surface area contributed by atoms with Crippen LogP contribution in [0.15, 0.2) is 24.3 Å². The van der Waals surface area contributed by atoms with Crippen LogP contribution in [0.25, 0.3) is 10.2 Å². The van der Waals surface area contributed by atoms with E-state index in [-0.39, 0.29) is 30.2 Å². The fraction of sp³-hybridized carbons (Fsp3) is 0.524. The molecule has 2 aliphatic heterocycles. The van der Waals surface area contributed by atoms with Crippen LogP contribution in [0.4, 0.5) is 4.79 Å². The second-order valence-corrected chi connectivity index (χ2v) is 9.56. The van der Waals surface area contributed by atoms with Crippen LogP contribution in [-0.2, 0) is 9.59 Å². The molecule has 4 amide bonds. The molecule has 1 N–H and O–H groups in total. The van der Waals surface area contributed by atoms with Crippen LogP contribution < -0.4 is 5.32 Å². The lowest BCUT2D eigenvalue weighted by Crippen LogP contribution is -2.48. The first-order chi connectivity index (χ1) is 14.0. The summed E-state index contributed by atoms with van der Waals surface area (Å²) in [4.78, 5) is 45.7. The molecule has 1 aromatic heterocycles. The lowest BCUT2D eigenvalue weighted by Gasteiger charge is -2.32. The van der Waals surface area contributed by atoms with Crippen molar-refractivity contribution in [2.45, 2.75) is 44.1 Å². The summed E-state index contributed by atoms with van der Waals surface area (Å²) in [7, 11) is 0. The highest BCUT2D eigenvalue weighted by molar-refractivity contribution is 7.18. The highest BCUT2D eigenvalue weighted by atomic mass is 32.1. The number of fused-ring (bicyclic) bond motifs is 1. The monoisotopic (exact) mass is 412 g/mol. The van der Waals surface area contributed by atoms with Gasteiger partial charge < -0.3 is 10.2 Å². The van der Waals surface area contributed by atoms with E-state index < -0.39 is 11.6 Å². The Labute approximate surface area is 173 Å². The van der Waals surface area contributed by atoms with Crippen LogP contribution in [0.1, 0.15) is 43.5 Å². The van der Waals surface area contributed by atoms with Crippen LogP contribution >= 0.6 is 11.3 Å². The number of nitrogens with zero attached hydrogens (tertiary/aromatic N) is 3. The van der Waals surface area contributed by atoms with E-state index in [9.17, 15) is 14.4 Å². The quantitative estimate of drug-likeness (QED) is 0.783. The molecular formula is C21H24N4O3S. The van der Waals surface area contributed by atoms with Crippen molar-refractivity contribution in [1.29, 1.82) is 0 Å². The molecule has 1 aromatic carbocycles. The summed E-state index contributed by atoms with van der Waals surface area (Å²) in [5.41, 5.74) is 0.151. The van der Waals surface area contributed by atoms with Crippen LogP contribution in [0.5, 0.6) is 0 Å². The van der Waals surface area contributed by atoms with Gasteiger partial charge in [0, 0.05) is 19.0 Å². The summed E-state index contributed by atoms with van der Waals surface area (Å²) in [5, 5.41) is 3.86. The molecule has 1 saturated carbocycles. The molecule has 3 aliphatic rings. The number of hydrogen-bond donors (Lipinski definition) is 1. The first-order valence-electron chi connectivity index (χ1n) is 10.2. The van der Waals surface area contributed by atoms with Crippen molar-refractivity contribution in [3.63, 3.8) is 0 Å². The molecule has 2 aromatic rings. The number of likely N-dealkylation sites (tertiary alicyclic amines) is 1. The second-order valence-electron chi connectivity index (χ2n) is 8.50. The molecule has 2 saturated heterocycles. The minimum atomic E-state index is -0.844. The Hall–Kier alpha value is -2.48. The topological polar surface area (TPSA) is 82.6 Å². The van der Waals surface area contributed by atoms with Gasteiger partial charge in [0.2, 0.25) is 5.91 Å². The Balaban J connectivity index is 1.27. The van der Waals surface area contributed by atoms with Gasteiger partial charge in [0.05, 0.1) is 15.2 Å². The van der Waals surface area contributed by atoms with Gasteiger partial charge in [-0.1, -0.05) is 12.1 Å². The lowest BCUT2D eigenvalue weighted by atomic mass is 9.96. The third kappa shape index (κ3) is 3.19. The Bertz CT molecular complexity index is 968. The van der Waals surface area contributed by atoms with Crippen molar-refractivity contribution in [2.75, 3.05) is 19.6 Å². The third-order valence-corrected chi connectivity index (χ3v) is 7.62. The number of hydrogen-bond acceptors (Lipinski definition) is 5. The van der Waals surface area contributed by atoms with Crippen LogP contribution in [0, 0.1) is 5.92 Å². The molecule has 2 atom stereocenters. The molecular weight excluding hydrogens is 388 g/mol. The zero-order chi connectivity index (χ0) is 20.2. The molecule has 29 heavy (non-hydrogen) atoms. The standard InChI is InChI=1S/C21H24N4O3S/c1-21(14-8-9-14)19(27)25(20(28)23-21)12-17(26)24-10-4-5-13(11-24)18-22-15-6-2-3-7-16(15)29-18/h2-3,6-7,13-14H,4-5,8-12H2,1H3,(H,23,28)/t13-,21+/m0/s1. The number of urea groups is 1. The number of amides is 4. The highest BCUT2D eigenvalue weighted by Gasteiger charge is 2.56. The maximum Gasteiger partial charge on any atom is 0.325 e. The van der Waals surface area contributed by atoms with E-state index in [1.807, 2.05) is 18.2 Å². The van der Waals surface area contributed by atoms with Gasteiger partial charge in [0.1, 0.15) is 12.1 Å². The number of carbonyl (C=O) groups excluding carboxylic acids is 3. The van der Waals surface area contributed by atoms with E-state index in [1.165, 1.54) is 0 Å². The molecule has 0 bridgehead atoms. The lowest BCUT2D eigenvalue weighted by molar-refractivity contribution is -0.139. The van der Waals surface area contributed by atoms with Crippen LogP contribution in [0.2, 0.25) is 0 Å². The predicted molar refractivity (Wildman–Crippen MR) is 110 cm³/mol. The molecule has 8 heteroatoms. The Kier molecular flexibility index (Phi) is 4.34. The average molecular weight is 413 g/mol. The molecule has 5 rings (SSSR count). The Morgan fingerprint density at radius 3 is 2.83 bits per heavy atom. The summed E-state index contributed by atoms with van der Waals surface area (Å²) in [6, 6.07) is 7.62. The number of nitrogens with one attached hydrogen (secondary N) is 1. The van der Waals surface area contributed by atoms with Gasteiger partial charge in [-0.25, -0.2) is 9.78 Å². The van der Waals surface area contributed by atoms with Crippen molar-refractivity contribution in [3.05, 3.63) is 29.3 Å². The molecule has 7 nitrogen and oxygen atoms in total. The van der Waals surface area contributed by atoms with E-state index in [0.29, 0.717) is 13.1 Å². The smallest absolute Gasteiger partial charge is 0.325 e. The van der Waals surface area contributed by atoms with Gasteiger partial charge in [-0.15, -0.1) is 11.3 Å². The molecule has 3 heterocycles. The largest absolute Gasteiger partial charge is 0.340 e. The van der Waals surface area contributed by atoms with Gasteiger partial charge in [-0.05, 0) is 50.7 Å². The van der Waals surface area contributed by atoms with E-state index in [0.717, 1.165) is 45.8 Å². The zero-order valence-electron chi connectivity index (χ0n) is 16.4. The summed E-state index contributed by atoms with van der Waals surface area (Å²) in [5.74, 6) is -0.0418. The average Bonchev–Trinajstić information content (AvgIpc) is 3.46. The number of thiazole rings is 1. The van der Waals surface area contributed by atoms with Crippen LogP contribution in [-0.4, -0.2) is 57.8 Å². The molecule has 0 radical (unpaired) electrons. The number of para-hydroxylation sites is 1. The first kappa shape index (κ1) is 18.5. The van der Waals surface area contributed by atoms with Crippen molar-refractivity contribution in [3.8, 4) is 0 Å². The maximum absolute atomic E-state index is 12.9. The van der Waals surface area contributed by atoms with Crippen molar-refractivity contribution in [2.24, 2.45) is 5.92 Å². The van der Waals surface area contributed by atoms with Gasteiger partial charge in [0.25, 0.3) is 5.91 Å². The number of carbonyl (C=O) groups is 3. The Morgan fingerprint density at radius 1 is 1.28 bits per heavy atom. The predicted octanol–water partition coefficient (Wildman–Crippen LogP) is 2.72. The third-order valence-electron chi connectivity index (χ3n) is 6.42. The molecule has 152 valence electrons. The van der Waals surface area contributed by atoms with Crippen molar-refractivity contribution >= 4 is 39.4 Å². The Morgan fingerprint density at radius 2 is 2.07 bits per heavy atom. The highest BCUT2D eigenvalue weighted by Crippen LogP contribution is 2.42. The molecule has 1 aliphatic carbocycles. The SMILES string of the molecule is C[C@]1(C2CC2)NC(=O)N(CC(=O)N2CCC[C@H](c3nc4ccccc4s3)C2)C1=O. The van der Waals surface area contributed by atoms with Gasteiger partial charge in [-0.3, -0.25) is 14.5 Å². The second kappa shape index (κ2) is 6.79. The van der Waals surface area contributed by atoms with Crippen molar-refractivity contribution < 1.29 is 14.4 Å². The van der Waals surface area contributed by atoms with Gasteiger partial charge >= 0.3 is 6.03 Å². The number of aromatic nitrogens is 1. The normalized spacial score (nSPS) is 27.6. The van der Waals surface area contributed by atoms with E-state index in [4.69, 9.17) is 4.98 Å². The first-order valence-corrected chi connectivity index (χ1v) is 11.0. The fourth-order valence-corrected chi connectivity index (χ4v) is 5.60. The zero-order valence-corrected chi connectivity index (χ0v) is 17.2. The number of imide groups is 1. The summed E-state index contributed by atoms with van der Waals surface area (Å²) < 4.78 is 1.16. The van der Waals surface area contributed by atoms with Gasteiger partial charge in [-0.2, -0.15) is 0 Å². The van der Waals surface area contributed by atoms with E-state index >= 15 is 0 Å². The molecule has 3 fully saturated rings. The minimum absolute atomic E-state index is 0.167. The number of piperidine rings is 1. The molecule has 0 unspecified atom stereocenters. The number of rotatable bonds is 4.